The second kappa shape index (κ2) is 11.7. The summed E-state index contributed by atoms with van der Waals surface area (Å²) < 4.78 is 35.5. The van der Waals surface area contributed by atoms with Gasteiger partial charge in [-0.25, -0.2) is 9.36 Å². The van der Waals surface area contributed by atoms with Crippen LogP contribution in [0.3, 0.4) is 0 Å². The molecule has 1 aromatic heterocycles. The molecule has 0 radical (unpaired) electrons. The second-order valence-corrected chi connectivity index (χ2v) is 9.40. The van der Waals surface area contributed by atoms with E-state index < -0.39 is 62.2 Å². The summed E-state index contributed by atoms with van der Waals surface area (Å²) in [4.78, 5) is 38.1. The number of benzene rings is 1. The average molecular weight is 523 g/mol. The predicted octanol–water partition coefficient (Wildman–Crippen LogP) is -0.118. The van der Waals surface area contributed by atoms with Crippen LogP contribution in [-0.2, 0) is 23.4 Å². The highest BCUT2D eigenvalue weighted by Crippen LogP contribution is 2.45. The van der Waals surface area contributed by atoms with Crippen molar-refractivity contribution in [1.29, 1.82) is 0 Å². The van der Waals surface area contributed by atoms with Crippen molar-refractivity contribution in [3.63, 3.8) is 0 Å². The summed E-state index contributed by atoms with van der Waals surface area (Å²) in [7, 11) is -3.09. The molecular formula is C22H26N3O10P. The van der Waals surface area contributed by atoms with E-state index in [2.05, 4.69) is 26.6 Å². The highest BCUT2D eigenvalue weighted by Gasteiger charge is 2.46. The lowest BCUT2D eigenvalue weighted by atomic mass is 10.1. The van der Waals surface area contributed by atoms with E-state index in [1.54, 1.807) is 18.2 Å². The summed E-state index contributed by atoms with van der Waals surface area (Å²) in [6.07, 6.45) is -4.76. The maximum absolute atomic E-state index is 13.4. The van der Waals surface area contributed by atoms with Gasteiger partial charge in [0, 0.05) is 6.20 Å². The second-order valence-electron chi connectivity index (χ2n) is 7.70. The zero-order valence-corrected chi connectivity index (χ0v) is 20.5. The van der Waals surface area contributed by atoms with Crippen LogP contribution in [0.5, 0.6) is 5.75 Å². The smallest absolute Gasteiger partial charge is 0.459 e. The van der Waals surface area contributed by atoms with Gasteiger partial charge in [-0.1, -0.05) is 24.1 Å². The molecule has 3 rings (SSSR count). The highest BCUT2D eigenvalue weighted by molar-refractivity contribution is 7.52. The Morgan fingerprint density at radius 1 is 1.28 bits per heavy atom. The molecule has 1 unspecified atom stereocenters. The number of esters is 1. The summed E-state index contributed by atoms with van der Waals surface area (Å²) >= 11 is 0. The van der Waals surface area contributed by atoms with Gasteiger partial charge in [-0.3, -0.25) is 23.7 Å². The van der Waals surface area contributed by atoms with Gasteiger partial charge in [-0.2, -0.15) is 5.09 Å². The Morgan fingerprint density at radius 3 is 2.61 bits per heavy atom. The lowest BCUT2D eigenvalue weighted by Crippen LogP contribution is -2.39. The molecule has 0 saturated carbocycles. The van der Waals surface area contributed by atoms with Gasteiger partial charge >= 0.3 is 19.4 Å². The largest absolute Gasteiger partial charge is 0.468 e. The number of methoxy groups -OCH3 is 1. The third-order valence-corrected chi connectivity index (χ3v) is 6.77. The number of nitrogens with zero attached hydrogens (tertiary/aromatic N) is 1. The Kier molecular flexibility index (Phi) is 8.86. The molecule has 1 saturated heterocycles. The Hall–Kier alpha value is -3.24. The lowest BCUT2D eigenvalue weighted by molar-refractivity contribution is -0.142. The number of rotatable bonds is 9. The van der Waals surface area contributed by atoms with Crippen molar-refractivity contribution in [2.24, 2.45) is 0 Å². The van der Waals surface area contributed by atoms with Crippen molar-refractivity contribution in [1.82, 2.24) is 14.6 Å². The number of aliphatic hydroxyl groups is 2. The fourth-order valence-electron chi connectivity index (χ4n) is 3.34. The first-order valence-electron chi connectivity index (χ1n) is 10.7. The third-order valence-electron chi connectivity index (χ3n) is 5.12. The van der Waals surface area contributed by atoms with Crippen LogP contribution in [0.4, 0.5) is 0 Å². The van der Waals surface area contributed by atoms with E-state index in [4.69, 9.17) is 13.8 Å². The van der Waals surface area contributed by atoms with E-state index in [-0.39, 0.29) is 11.3 Å². The first-order chi connectivity index (χ1) is 17.1. The molecule has 194 valence electrons. The molecule has 0 amide bonds. The maximum atomic E-state index is 13.4. The molecule has 14 heteroatoms. The number of nitrogens with one attached hydrogen (secondary N) is 2. The molecule has 1 aliphatic rings. The van der Waals surface area contributed by atoms with Crippen molar-refractivity contribution in [3.05, 3.63) is 62.9 Å². The van der Waals surface area contributed by atoms with Crippen LogP contribution in [-0.4, -0.2) is 63.8 Å². The molecule has 1 aliphatic heterocycles. The molecule has 0 bridgehead atoms. The van der Waals surface area contributed by atoms with Crippen LogP contribution < -0.4 is 20.9 Å². The summed E-state index contributed by atoms with van der Waals surface area (Å²) in [6, 6.07) is 6.92. The zero-order chi connectivity index (χ0) is 26.5. The van der Waals surface area contributed by atoms with Gasteiger partial charge in [0.2, 0.25) is 0 Å². The van der Waals surface area contributed by atoms with E-state index in [1.165, 1.54) is 26.0 Å². The maximum Gasteiger partial charge on any atom is 0.459 e. The number of H-pyrrole nitrogens is 1. The number of carbonyl (C=O) groups is 1. The number of carbonyl (C=O) groups excluding carboxylic acids is 1. The molecule has 2 aromatic rings. The Labute approximate surface area is 205 Å². The minimum absolute atomic E-state index is 0.0520. The molecule has 36 heavy (non-hydrogen) atoms. The van der Waals surface area contributed by atoms with Crippen LogP contribution in [0.25, 0.3) is 0 Å². The minimum Gasteiger partial charge on any atom is -0.468 e. The van der Waals surface area contributed by atoms with E-state index in [0.717, 1.165) is 17.9 Å². The minimum atomic E-state index is -4.25. The molecule has 0 spiro atoms. The van der Waals surface area contributed by atoms with Crippen LogP contribution in [0.2, 0.25) is 0 Å². The Morgan fingerprint density at radius 2 is 1.97 bits per heavy atom. The van der Waals surface area contributed by atoms with Gasteiger partial charge in [-0.15, -0.1) is 5.92 Å². The molecule has 6 atom stereocenters. The van der Waals surface area contributed by atoms with E-state index in [9.17, 15) is 29.2 Å². The molecule has 0 aliphatic carbocycles. The van der Waals surface area contributed by atoms with Gasteiger partial charge in [-0.05, 0) is 26.0 Å². The van der Waals surface area contributed by atoms with Crippen molar-refractivity contribution >= 4 is 13.7 Å². The summed E-state index contributed by atoms with van der Waals surface area (Å²) in [5.74, 6) is 4.50. The van der Waals surface area contributed by atoms with Crippen LogP contribution in [0.15, 0.2) is 46.1 Å². The number of hydrogen-bond acceptors (Lipinski definition) is 10. The summed E-state index contributed by atoms with van der Waals surface area (Å²) in [5.41, 5.74) is -1.67. The quantitative estimate of drug-likeness (QED) is 0.196. The fraction of sp³-hybridized carbons (Fsp3) is 0.409. The number of para-hydroxylation sites is 1. The van der Waals surface area contributed by atoms with Crippen molar-refractivity contribution in [2.45, 2.75) is 44.4 Å². The SMILES string of the molecule is CC#Cc1cn([C@@H]2O[C@H](COP(=O)(N[C@@H](C)C(=O)OC)Oc3ccccc3)[C@@H](O)[C@@H]2O)c(=O)[nH]c1=O. The number of aromatic nitrogens is 2. The predicted molar refractivity (Wildman–Crippen MR) is 125 cm³/mol. The molecular weight excluding hydrogens is 497 g/mol. The van der Waals surface area contributed by atoms with Gasteiger partial charge in [0.05, 0.1) is 13.7 Å². The van der Waals surface area contributed by atoms with Crippen molar-refractivity contribution in [2.75, 3.05) is 13.7 Å². The number of aromatic amines is 1. The number of hydrogen-bond donors (Lipinski definition) is 4. The first kappa shape index (κ1) is 27.3. The van der Waals surface area contributed by atoms with Crippen LogP contribution in [0.1, 0.15) is 25.6 Å². The summed E-state index contributed by atoms with van der Waals surface area (Å²) in [6.45, 7) is 2.31. The highest BCUT2D eigenvalue weighted by atomic mass is 31.2. The molecule has 13 nitrogen and oxygen atoms in total. The fourth-order valence-corrected chi connectivity index (χ4v) is 4.85. The van der Waals surface area contributed by atoms with Gasteiger partial charge in [0.1, 0.15) is 35.7 Å². The number of ether oxygens (including phenoxy) is 2. The monoisotopic (exact) mass is 523 g/mol. The molecule has 4 N–H and O–H groups in total. The van der Waals surface area contributed by atoms with Gasteiger partial charge in [0.15, 0.2) is 6.23 Å². The van der Waals surface area contributed by atoms with Gasteiger partial charge < -0.3 is 24.2 Å². The lowest BCUT2D eigenvalue weighted by Gasteiger charge is -2.24. The zero-order valence-electron chi connectivity index (χ0n) is 19.6. The normalized spacial score (nSPS) is 23.7. The third kappa shape index (κ3) is 6.30. The van der Waals surface area contributed by atoms with Crippen LogP contribution in [0, 0.1) is 11.8 Å². The number of aliphatic hydroxyl groups excluding tert-OH is 2. The summed E-state index contributed by atoms with van der Waals surface area (Å²) in [5, 5.41) is 23.5. The van der Waals surface area contributed by atoms with Crippen molar-refractivity contribution < 1.29 is 38.1 Å². The average Bonchev–Trinajstić information content (AvgIpc) is 3.13. The van der Waals surface area contributed by atoms with E-state index >= 15 is 0 Å². The van der Waals surface area contributed by atoms with Gasteiger partial charge in [0.25, 0.3) is 5.56 Å². The Bertz CT molecular complexity index is 1300. The topological polar surface area (TPSA) is 178 Å². The standard InChI is InChI=1S/C22H26N3O10P/c1-4-8-14-11-25(22(30)23-19(14)28)20-18(27)17(26)16(34-20)12-33-36(31,24-13(2)21(29)32-3)35-15-9-6-5-7-10-15/h5-7,9-11,13,16-18,20,26-27H,12H2,1-3H3,(H,24,31)(H,23,28,30)/t13-,16+,17+,18-,20+,36?/m0/s1. The van der Waals surface area contributed by atoms with Crippen molar-refractivity contribution in [3.8, 4) is 17.6 Å². The van der Waals surface area contributed by atoms with E-state index in [1.807, 2.05) is 0 Å². The molecule has 1 fully saturated rings. The Balaban J connectivity index is 1.81. The molecule has 2 heterocycles. The molecule has 1 aromatic carbocycles. The van der Waals surface area contributed by atoms with Crippen LogP contribution >= 0.6 is 7.75 Å². The first-order valence-corrected chi connectivity index (χ1v) is 12.3. The van der Waals surface area contributed by atoms with E-state index in [0.29, 0.717) is 0 Å².